The Morgan fingerprint density at radius 2 is 1.89 bits per heavy atom. The van der Waals surface area contributed by atoms with Crippen molar-refractivity contribution in [2.75, 3.05) is 10.5 Å². The van der Waals surface area contributed by atoms with E-state index in [1.54, 1.807) is 19.9 Å². The number of aryl methyl sites for hydroxylation is 2. The van der Waals surface area contributed by atoms with Gasteiger partial charge in [0.1, 0.15) is 10.7 Å². The summed E-state index contributed by atoms with van der Waals surface area (Å²) in [5.74, 6) is -0.289. The molecule has 3 aromatic rings. The normalized spacial score (nSPS) is 11.4. The van der Waals surface area contributed by atoms with Gasteiger partial charge in [0.15, 0.2) is 0 Å². The number of nitrogen functional groups attached to an aromatic ring is 1. The van der Waals surface area contributed by atoms with Crippen molar-refractivity contribution in [2.24, 2.45) is 0 Å². The number of hydrogen-bond acceptors (Lipinski definition) is 5. The number of aromatic nitrogens is 2. The molecule has 0 amide bonds. The summed E-state index contributed by atoms with van der Waals surface area (Å²) in [6.45, 7) is 3.29. The first-order valence-electron chi connectivity index (χ1n) is 7.85. The zero-order valence-electron chi connectivity index (χ0n) is 14.5. The molecular weight excluding hydrogens is 391 g/mol. The van der Waals surface area contributed by atoms with Crippen LogP contribution in [0.1, 0.15) is 11.3 Å². The average molecular weight is 407 g/mol. The van der Waals surface area contributed by atoms with Crippen LogP contribution in [-0.4, -0.2) is 18.4 Å². The summed E-state index contributed by atoms with van der Waals surface area (Å²) in [6, 6.07) is 8.53. The molecule has 1 heterocycles. The van der Waals surface area contributed by atoms with Crippen LogP contribution < -0.4 is 10.5 Å². The van der Waals surface area contributed by atoms with Gasteiger partial charge < -0.3 is 5.73 Å². The Balaban J connectivity index is 2.03. The van der Waals surface area contributed by atoms with Crippen LogP contribution in [-0.2, 0) is 10.0 Å². The lowest BCUT2D eigenvalue weighted by molar-refractivity contribution is 0.601. The van der Waals surface area contributed by atoms with Crippen LogP contribution in [0.2, 0.25) is 5.02 Å². The van der Waals surface area contributed by atoms with Gasteiger partial charge in [0.05, 0.1) is 10.7 Å². The second-order valence-electron chi connectivity index (χ2n) is 5.94. The summed E-state index contributed by atoms with van der Waals surface area (Å²) < 4.78 is 41.4. The second-order valence-corrected chi connectivity index (χ2v) is 8.00. The van der Waals surface area contributed by atoms with E-state index < -0.39 is 15.8 Å². The molecule has 2 aromatic carbocycles. The van der Waals surface area contributed by atoms with Crippen molar-refractivity contribution < 1.29 is 12.8 Å². The molecule has 0 saturated heterocycles. The lowest BCUT2D eigenvalue weighted by Crippen LogP contribution is -2.14. The number of hydrogen-bond donors (Lipinski definition) is 2. The van der Waals surface area contributed by atoms with Gasteiger partial charge in [-0.1, -0.05) is 17.7 Å². The Bertz CT molecular complexity index is 1140. The number of halogens is 2. The fourth-order valence-electron chi connectivity index (χ4n) is 2.56. The van der Waals surface area contributed by atoms with Crippen LogP contribution in [0, 0.1) is 19.7 Å². The molecule has 0 aliphatic heterocycles. The van der Waals surface area contributed by atoms with Crippen molar-refractivity contribution >= 4 is 33.3 Å². The molecule has 0 radical (unpaired) electrons. The number of anilines is 2. The minimum atomic E-state index is -4.00. The molecule has 140 valence electrons. The molecule has 0 atom stereocenters. The van der Waals surface area contributed by atoms with Crippen molar-refractivity contribution in [3.05, 3.63) is 64.7 Å². The Morgan fingerprint density at radius 1 is 1.15 bits per heavy atom. The Kier molecular flexibility index (Phi) is 5.03. The summed E-state index contributed by atoms with van der Waals surface area (Å²) in [7, 11) is -4.00. The molecule has 9 heteroatoms. The van der Waals surface area contributed by atoms with Gasteiger partial charge in [-0.2, -0.15) is 0 Å². The zero-order valence-corrected chi connectivity index (χ0v) is 16.1. The molecule has 0 saturated carbocycles. The Morgan fingerprint density at radius 3 is 2.56 bits per heavy atom. The van der Waals surface area contributed by atoms with E-state index >= 15 is 0 Å². The van der Waals surface area contributed by atoms with Crippen LogP contribution in [0.25, 0.3) is 11.1 Å². The van der Waals surface area contributed by atoms with Crippen LogP contribution in [0.15, 0.2) is 47.5 Å². The third-order valence-electron chi connectivity index (χ3n) is 3.94. The predicted molar refractivity (Wildman–Crippen MR) is 104 cm³/mol. The van der Waals surface area contributed by atoms with Gasteiger partial charge in [-0.3, -0.25) is 4.72 Å². The molecule has 27 heavy (non-hydrogen) atoms. The van der Waals surface area contributed by atoms with E-state index in [-0.39, 0.29) is 21.6 Å². The highest BCUT2D eigenvalue weighted by Gasteiger charge is 2.20. The maximum Gasteiger partial charge on any atom is 0.263 e. The maximum absolute atomic E-state index is 13.4. The van der Waals surface area contributed by atoms with Gasteiger partial charge >= 0.3 is 0 Å². The number of nitrogens with zero attached hydrogens (tertiary/aromatic N) is 2. The van der Waals surface area contributed by atoms with Crippen LogP contribution >= 0.6 is 11.6 Å². The lowest BCUT2D eigenvalue weighted by atomic mass is 10.1. The first kappa shape index (κ1) is 19.1. The lowest BCUT2D eigenvalue weighted by Gasteiger charge is -2.12. The number of nitrogens with two attached hydrogens (primary N) is 1. The number of benzene rings is 2. The minimum absolute atomic E-state index is 0.0547. The molecular formula is C18H16ClFN4O2S. The van der Waals surface area contributed by atoms with Crippen molar-refractivity contribution in [1.29, 1.82) is 0 Å². The summed E-state index contributed by atoms with van der Waals surface area (Å²) >= 11 is 6.13. The average Bonchev–Trinajstić information content (AvgIpc) is 2.58. The molecule has 1 aromatic heterocycles. The summed E-state index contributed by atoms with van der Waals surface area (Å²) in [5, 5.41) is 0.0547. The third kappa shape index (κ3) is 4.01. The van der Waals surface area contributed by atoms with Crippen LogP contribution in [0.5, 0.6) is 0 Å². The summed E-state index contributed by atoms with van der Waals surface area (Å²) in [4.78, 5) is 7.92. The highest BCUT2D eigenvalue weighted by Crippen LogP contribution is 2.30. The van der Waals surface area contributed by atoms with Crippen molar-refractivity contribution in [3.8, 4) is 11.1 Å². The van der Waals surface area contributed by atoms with Gasteiger partial charge in [0.25, 0.3) is 10.0 Å². The molecule has 0 spiro atoms. The highest BCUT2D eigenvalue weighted by molar-refractivity contribution is 7.92. The maximum atomic E-state index is 13.4. The van der Waals surface area contributed by atoms with E-state index in [9.17, 15) is 12.8 Å². The third-order valence-corrected chi connectivity index (χ3v) is 5.80. The minimum Gasteiger partial charge on any atom is -0.368 e. The van der Waals surface area contributed by atoms with Crippen LogP contribution in [0.3, 0.4) is 0 Å². The molecule has 0 aliphatic rings. The summed E-state index contributed by atoms with van der Waals surface area (Å²) in [5.41, 5.74) is 7.94. The van der Waals surface area contributed by atoms with E-state index in [2.05, 4.69) is 14.7 Å². The van der Waals surface area contributed by atoms with Crippen LogP contribution in [0.4, 0.5) is 16.0 Å². The molecule has 6 nitrogen and oxygen atoms in total. The van der Waals surface area contributed by atoms with Crippen molar-refractivity contribution in [1.82, 2.24) is 9.97 Å². The molecule has 0 fully saturated rings. The van der Waals surface area contributed by atoms with E-state index in [1.165, 1.54) is 36.5 Å². The number of nitrogens with one attached hydrogen (secondary N) is 1. The fourth-order valence-corrected chi connectivity index (χ4v) is 4.14. The molecule has 3 rings (SSSR count). The highest BCUT2D eigenvalue weighted by atomic mass is 35.5. The molecule has 0 aliphatic carbocycles. The second kappa shape index (κ2) is 7.13. The number of sulfonamides is 1. The molecule has 3 N–H and O–H groups in total. The largest absolute Gasteiger partial charge is 0.368 e. The first-order valence-corrected chi connectivity index (χ1v) is 9.71. The Hall–Kier alpha value is -2.71. The van der Waals surface area contributed by atoms with E-state index in [0.717, 1.165) is 0 Å². The van der Waals surface area contributed by atoms with Crippen molar-refractivity contribution in [3.63, 3.8) is 0 Å². The zero-order chi connectivity index (χ0) is 19.8. The topological polar surface area (TPSA) is 98.0 Å². The van der Waals surface area contributed by atoms with Gasteiger partial charge in [-0.15, -0.1) is 0 Å². The summed E-state index contributed by atoms with van der Waals surface area (Å²) in [6.07, 6.45) is 1.52. The van der Waals surface area contributed by atoms with Gasteiger partial charge in [0, 0.05) is 17.4 Å². The van der Waals surface area contributed by atoms with E-state index in [0.29, 0.717) is 22.4 Å². The number of rotatable bonds is 4. The SMILES string of the molecule is Cc1cc(NS(=O)(=O)c2cc(-c3cnc(N)nc3C)ccc2Cl)ccc1F. The monoisotopic (exact) mass is 406 g/mol. The Labute approximate surface area is 161 Å². The van der Waals surface area contributed by atoms with E-state index in [4.69, 9.17) is 17.3 Å². The van der Waals surface area contributed by atoms with E-state index in [1.807, 2.05) is 0 Å². The smallest absolute Gasteiger partial charge is 0.263 e. The first-order chi connectivity index (χ1) is 12.7. The standard InChI is InChI=1S/C18H16ClFN4O2S/c1-10-7-13(4-6-16(10)20)24-27(25,26)17-8-12(3-5-15(17)19)14-9-22-18(21)23-11(14)2/h3-9,24H,1-2H3,(H2,21,22,23). The van der Waals surface area contributed by atoms with Gasteiger partial charge in [0.2, 0.25) is 5.95 Å². The fraction of sp³-hybridized carbons (Fsp3) is 0.111. The van der Waals surface area contributed by atoms with Gasteiger partial charge in [-0.05, 0) is 55.3 Å². The molecule has 0 unspecified atom stereocenters. The van der Waals surface area contributed by atoms with Gasteiger partial charge in [-0.25, -0.2) is 22.8 Å². The quantitative estimate of drug-likeness (QED) is 0.683. The molecule has 0 bridgehead atoms. The van der Waals surface area contributed by atoms with Crippen molar-refractivity contribution in [2.45, 2.75) is 18.7 Å². The predicted octanol–water partition coefficient (Wildman–Crippen LogP) is 3.94.